The first kappa shape index (κ1) is 24.4. The van der Waals surface area contributed by atoms with Crippen LogP contribution in [0, 0.1) is 0 Å². The number of hydrogen-bond acceptors (Lipinski definition) is 7. The van der Waals surface area contributed by atoms with Gasteiger partial charge in [0.2, 0.25) is 0 Å². The van der Waals surface area contributed by atoms with Gasteiger partial charge < -0.3 is 14.6 Å². The van der Waals surface area contributed by atoms with Crippen molar-refractivity contribution in [2.24, 2.45) is 0 Å². The summed E-state index contributed by atoms with van der Waals surface area (Å²) >= 11 is 1.32. The van der Waals surface area contributed by atoms with Gasteiger partial charge in [-0.15, -0.1) is 11.3 Å². The molecule has 0 bridgehead atoms. The standard InChI is InChI=1S/C26H34N4O3S/c1-2-3-4-5-6-10-13-27-26-28-23-22(25(32)33-26)21(19-34-23)24(31)30-16-14-29(15-17-30)18-20-11-8-7-9-12-20/h7-9,11-12,19H,2-6,10,13-18H2,1H3,(H,27,28). The van der Waals surface area contributed by atoms with Gasteiger partial charge in [-0.1, -0.05) is 69.4 Å². The molecule has 3 heterocycles. The lowest BCUT2D eigenvalue weighted by Crippen LogP contribution is -2.48. The van der Waals surface area contributed by atoms with E-state index in [9.17, 15) is 9.59 Å². The third-order valence-electron chi connectivity index (χ3n) is 6.31. The Balaban J connectivity index is 1.32. The fourth-order valence-electron chi connectivity index (χ4n) is 4.34. The molecule has 1 fully saturated rings. The number of fused-ring (bicyclic) bond motifs is 1. The van der Waals surface area contributed by atoms with Crippen LogP contribution < -0.4 is 10.9 Å². The van der Waals surface area contributed by atoms with Crippen molar-refractivity contribution in [3.63, 3.8) is 0 Å². The third-order valence-corrected chi connectivity index (χ3v) is 7.19. The number of amides is 1. The van der Waals surface area contributed by atoms with E-state index in [-0.39, 0.29) is 11.9 Å². The Labute approximate surface area is 204 Å². The second kappa shape index (κ2) is 12.1. The number of unbranched alkanes of at least 4 members (excludes halogenated alkanes) is 5. The maximum Gasteiger partial charge on any atom is 0.349 e. The van der Waals surface area contributed by atoms with E-state index in [2.05, 4.69) is 34.3 Å². The van der Waals surface area contributed by atoms with Crippen LogP contribution >= 0.6 is 11.3 Å². The molecule has 0 unspecified atom stereocenters. The topological polar surface area (TPSA) is 78.7 Å². The van der Waals surface area contributed by atoms with Gasteiger partial charge in [-0.2, -0.15) is 4.98 Å². The lowest BCUT2D eigenvalue weighted by atomic mass is 10.1. The third kappa shape index (κ3) is 6.24. The van der Waals surface area contributed by atoms with Crippen LogP contribution in [0.5, 0.6) is 0 Å². The summed E-state index contributed by atoms with van der Waals surface area (Å²) in [4.78, 5) is 35.1. The molecule has 0 radical (unpaired) electrons. The molecule has 1 aliphatic rings. The lowest BCUT2D eigenvalue weighted by Gasteiger charge is -2.34. The van der Waals surface area contributed by atoms with Gasteiger partial charge in [-0.25, -0.2) is 4.79 Å². The number of anilines is 1. The molecule has 1 N–H and O–H groups in total. The van der Waals surface area contributed by atoms with E-state index in [1.165, 1.54) is 42.6 Å². The average molecular weight is 483 g/mol. The number of carbonyl (C=O) groups is 1. The highest BCUT2D eigenvalue weighted by Crippen LogP contribution is 2.25. The maximum atomic E-state index is 13.2. The second-order valence-corrected chi connectivity index (χ2v) is 9.74. The van der Waals surface area contributed by atoms with E-state index < -0.39 is 5.63 Å². The maximum absolute atomic E-state index is 13.2. The van der Waals surface area contributed by atoms with E-state index in [1.54, 1.807) is 5.38 Å². The number of rotatable bonds is 11. The number of carbonyl (C=O) groups excluding carboxylic acids is 1. The summed E-state index contributed by atoms with van der Waals surface area (Å²) in [6, 6.07) is 10.6. The highest BCUT2D eigenvalue weighted by Gasteiger charge is 2.26. The summed E-state index contributed by atoms with van der Waals surface area (Å²) in [5.74, 6) is -0.118. The predicted molar refractivity (Wildman–Crippen MR) is 138 cm³/mol. The Kier molecular flexibility index (Phi) is 8.71. The van der Waals surface area contributed by atoms with Gasteiger partial charge in [0, 0.05) is 44.6 Å². The molecular formula is C26H34N4O3S. The first-order valence-corrected chi connectivity index (χ1v) is 13.3. The average Bonchev–Trinajstić information content (AvgIpc) is 3.29. The molecule has 0 spiro atoms. The number of nitrogens with one attached hydrogen (secondary N) is 1. The van der Waals surface area contributed by atoms with Crippen molar-refractivity contribution in [1.29, 1.82) is 0 Å². The van der Waals surface area contributed by atoms with E-state index in [0.29, 0.717) is 28.9 Å². The summed E-state index contributed by atoms with van der Waals surface area (Å²) in [6.07, 6.45) is 7.17. The molecule has 4 rings (SSSR count). The zero-order valence-corrected chi connectivity index (χ0v) is 20.7. The van der Waals surface area contributed by atoms with Crippen LogP contribution in [0.3, 0.4) is 0 Å². The number of benzene rings is 1. The normalized spacial score (nSPS) is 14.6. The fourth-order valence-corrected chi connectivity index (χ4v) is 5.23. The summed E-state index contributed by atoms with van der Waals surface area (Å²) in [5.41, 5.74) is 1.18. The number of aromatic nitrogens is 1. The molecule has 0 atom stereocenters. The monoisotopic (exact) mass is 482 g/mol. The Morgan fingerprint density at radius 1 is 1.06 bits per heavy atom. The summed E-state index contributed by atoms with van der Waals surface area (Å²) in [5, 5.41) is 5.16. The highest BCUT2D eigenvalue weighted by molar-refractivity contribution is 7.17. The molecule has 0 saturated carbocycles. The van der Waals surface area contributed by atoms with Gasteiger partial charge in [-0.3, -0.25) is 9.69 Å². The van der Waals surface area contributed by atoms with Crippen LogP contribution in [-0.4, -0.2) is 53.4 Å². The summed E-state index contributed by atoms with van der Waals surface area (Å²) < 4.78 is 5.41. The quantitative estimate of drug-likeness (QED) is 0.388. The molecule has 1 saturated heterocycles. The van der Waals surface area contributed by atoms with Crippen LogP contribution in [-0.2, 0) is 6.54 Å². The largest absolute Gasteiger partial charge is 0.389 e. The Morgan fingerprint density at radius 3 is 2.56 bits per heavy atom. The first-order valence-electron chi connectivity index (χ1n) is 12.4. The second-order valence-electron chi connectivity index (χ2n) is 8.88. The molecule has 2 aromatic heterocycles. The van der Waals surface area contributed by atoms with Gasteiger partial charge in [0.15, 0.2) is 0 Å². The molecule has 7 nitrogen and oxygen atoms in total. The van der Waals surface area contributed by atoms with Crippen molar-refractivity contribution < 1.29 is 9.21 Å². The number of hydrogen-bond donors (Lipinski definition) is 1. The smallest absolute Gasteiger partial charge is 0.349 e. The Bertz CT molecular complexity index is 1120. The van der Waals surface area contributed by atoms with E-state index in [1.807, 2.05) is 23.1 Å². The predicted octanol–water partition coefficient (Wildman–Crippen LogP) is 4.98. The minimum atomic E-state index is -0.497. The van der Waals surface area contributed by atoms with Gasteiger partial charge in [0.05, 0.1) is 5.56 Å². The summed E-state index contributed by atoms with van der Waals surface area (Å²) in [6.45, 7) is 6.70. The SMILES string of the molecule is CCCCCCCCNc1nc2scc(C(=O)N3CCN(Cc4ccccc4)CC3)c2c(=O)o1. The molecule has 34 heavy (non-hydrogen) atoms. The molecule has 1 amide bonds. The molecule has 1 aromatic carbocycles. The molecule has 182 valence electrons. The number of piperazine rings is 1. The molecule has 1 aliphatic heterocycles. The first-order chi connectivity index (χ1) is 16.7. The Morgan fingerprint density at radius 2 is 1.79 bits per heavy atom. The zero-order valence-electron chi connectivity index (χ0n) is 19.9. The lowest BCUT2D eigenvalue weighted by molar-refractivity contribution is 0.0630. The van der Waals surface area contributed by atoms with Crippen LogP contribution in [0.1, 0.15) is 61.4 Å². The highest BCUT2D eigenvalue weighted by atomic mass is 32.1. The van der Waals surface area contributed by atoms with Crippen LogP contribution in [0.15, 0.2) is 44.9 Å². The molecule has 0 aliphatic carbocycles. The van der Waals surface area contributed by atoms with Crippen LogP contribution in [0.25, 0.3) is 10.2 Å². The van der Waals surface area contributed by atoms with Gasteiger partial charge in [0.25, 0.3) is 11.9 Å². The number of nitrogens with zero attached hydrogens (tertiary/aromatic N) is 3. The van der Waals surface area contributed by atoms with Gasteiger partial charge in [0.1, 0.15) is 10.2 Å². The minimum absolute atomic E-state index is 0.118. The molecular weight excluding hydrogens is 448 g/mol. The zero-order chi connectivity index (χ0) is 23.8. The van der Waals surface area contributed by atoms with Crippen LogP contribution in [0.4, 0.5) is 6.01 Å². The van der Waals surface area contributed by atoms with Crippen molar-refractivity contribution in [2.45, 2.75) is 52.0 Å². The van der Waals surface area contributed by atoms with Crippen molar-refractivity contribution in [3.05, 3.63) is 57.3 Å². The van der Waals surface area contributed by atoms with Gasteiger partial charge in [-0.05, 0) is 12.0 Å². The fraction of sp³-hybridized carbons (Fsp3) is 0.500. The summed E-state index contributed by atoms with van der Waals surface area (Å²) in [7, 11) is 0. The Hall–Kier alpha value is -2.71. The van der Waals surface area contributed by atoms with E-state index in [0.717, 1.165) is 39.0 Å². The van der Waals surface area contributed by atoms with Crippen molar-refractivity contribution >= 4 is 33.5 Å². The minimum Gasteiger partial charge on any atom is -0.389 e. The molecule has 8 heteroatoms. The van der Waals surface area contributed by atoms with E-state index in [4.69, 9.17) is 4.42 Å². The molecule has 3 aromatic rings. The van der Waals surface area contributed by atoms with E-state index >= 15 is 0 Å². The van der Waals surface area contributed by atoms with Crippen molar-refractivity contribution in [2.75, 3.05) is 38.0 Å². The van der Waals surface area contributed by atoms with Crippen LogP contribution in [0.2, 0.25) is 0 Å². The van der Waals surface area contributed by atoms with Crippen molar-refractivity contribution in [1.82, 2.24) is 14.8 Å². The number of thiophene rings is 1. The van der Waals surface area contributed by atoms with Crippen molar-refractivity contribution in [3.8, 4) is 0 Å². The van der Waals surface area contributed by atoms with Gasteiger partial charge >= 0.3 is 5.63 Å².